The highest BCUT2D eigenvalue weighted by atomic mass is 32.1. The molecule has 1 fully saturated rings. The van der Waals surface area contributed by atoms with Gasteiger partial charge in [-0.05, 0) is 13.8 Å². The van der Waals surface area contributed by atoms with Crippen LogP contribution in [0.15, 0.2) is 5.38 Å². The standard InChI is InChI=1S/C13H19N5OS/c1-9-8-20-13(14-9)11-7-19-5-4-18(11)6-12-16-15-10(2)17(12)3/h8,11H,4-7H2,1-3H3. The molecule has 1 atom stereocenters. The van der Waals surface area contributed by atoms with E-state index < -0.39 is 0 Å². The molecule has 0 aliphatic carbocycles. The van der Waals surface area contributed by atoms with Crippen molar-refractivity contribution in [2.75, 3.05) is 19.8 Å². The lowest BCUT2D eigenvalue weighted by atomic mass is 10.2. The van der Waals surface area contributed by atoms with E-state index in [4.69, 9.17) is 4.74 Å². The van der Waals surface area contributed by atoms with Crippen LogP contribution in [-0.4, -0.2) is 44.4 Å². The zero-order valence-corrected chi connectivity index (χ0v) is 12.9. The summed E-state index contributed by atoms with van der Waals surface area (Å²) in [6.45, 7) is 7.14. The molecule has 0 aromatic carbocycles. The fourth-order valence-corrected chi connectivity index (χ4v) is 3.27. The lowest BCUT2D eigenvalue weighted by Crippen LogP contribution is -2.39. The second-order valence-electron chi connectivity index (χ2n) is 5.11. The maximum absolute atomic E-state index is 5.63. The molecule has 0 N–H and O–H groups in total. The second kappa shape index (κ2) is 5.59. The van der Waals surface area contributed by atoms with Crippen molar-refractivity contribution in [1.82, 2.24) is 24.6 Å². The van der Waals surface area contributed by atoms with Crippen molar-refractivity contribution in [3.8, 4) is 0 Å². The maximum Gasteiger partial charge on any atom is 0.146 e. The van der Waals surface area contributed by atoms with Gasteiger partial charge in [-0.1, -0.05) is 0 Å². The predicted octanol–water partition coefficient (Wildman–Crippen LogP) is 1.46. The van der Waals surface area contributed by atoms with E-state index in [0.29, 0.717) is 6.61 Å². The van der Waals surface area contributed by atoms with E-state index in [-0.39, 0.29) is 6.04 Å². The number of aromatic nitrogens is 4. The first-order valence-electron chi connectivity index (χ1n) is 6.74. The summed E-state index contributed by atoms with van der Waals surface area (Å²) in [7, 11) is 2.01. The van der Waals surface area contributed by atoms with Crippen LogP contribution in [-0.2, 0) is 18.3 Å². The first-order chi connectivity index (χ1) is 9.65. The van der Waals surface area contributed by atoms with Crippen molar-refractivity contribution in [3.05, 3.63) is 27.7 Å². The van der Waals surface area contributed by atoms with Crippen LogP contribution in [0.25, 0.3) is 0 Å². The van der Waals surface area contributed by atoms with E-state index in [1.807, 2.05) is 25.5 Å². The van der Waals surface area contributed by atoms with Gasteiger partial charge in [0, 0.05) is 24.7 Å². The number of morpholine rings is 1. The van der Waals surface area contributed by atoms with E-state index in [2.05, 4.69) is 25.5 Å². The Morgan fingerprint density at radius 1 is 1.40 bits per heavy atom. The molecule has 6 nitrogen and oxygen atoms in total. The third-order valence-corrected chi connectivity index (χ3v) is 4.75. The van der Waals surface area contributed by atoms with Gasteiger partial charge in [0.15, 0.2) is 0 Å². The molecule has 1 aliphatic heterocycles. The molecule has 108 valence electrons. The number of aryl methyl sites for hydroxylation is 2. The molecular formula is C13H19N5OS. The van der Waals surface area contributed by atoms with Gasteiger partial charge in [-0.2, -0.15) is 0 Å². The van der Waals surface area contributed by atoms with Crippen LogP contribution in [0.2, 0.25) is 0 Å². The van der Waals surface area contributed by atoms with E-state index in [1.54, 1.807) is 11.3 Å². The molecule has 20 heavy (non-hydrogen) atoms. The lowest BCUT2D eigenvalue weighted by Gasteiger charge is -2.33. The van der Waals surface area contributed by atoms with Gasteiger partial charge in [-0.25, -0.2) is 4.98 Å². The van der Waals surface area contributed by atoms with Crippen molar-refractivity contribution in [1.29, 1.82) is 0 Å². The minimum absolute atomic E-state index is 0.222. The van der Waals surface area contributed by atoms with E-state index in [9.17, 15) is 0 Å². The van der Waals surface area contributed by atoms with Crippen molar-refractivity contribution >= 4 is 11.3 Å². The van der Waals surface area contributed by atoms with E-state index in [1.165, 1.54) is 0 Å². The normalized spacial score (nSPS) is 20.4. The lowest BCUT2D eigenvalue weighted by molar-refractivity contribution is -0.0143. The molecule has 2 aromatic heterocycles. The Bertz CT molecular complexity index is 593. The van der Waals surface area contributed by atoms with Crippen LogP contribution >= 0.6 is 11.3 Å². The van der Waals surface area contributed by atoms with Gasteiger partial charge in [0.2, 0.25) is 0 Å². The molecule has 2 aromatic rings. The Morgan fingerprint density at radius 2 is 2.25 bits per heavy atom. The smallest absolute Gasteiger partial charge is 0.146 e. The molecule has 3 rings (SSSR count). The fourth-order valence-electron chi connectivity index (χ4n) is 2.35. The van der Waals surface area contributed by atoms with Crippen molar-refractivity contribution in [2.45, 2.75) is 26.4 Å². The quantitative estimate of drug-likeness (QED) is 0.857. The van der Waals surface area contributed by atoms with E-state index in [0.717, 1.165) is 42.0 Å². The van der Waals surface area contributed by atoms with Crippen LogP contribution in [0.5, 0.6) is 0 Å². The molecule has 0 amide bonds. The molecule has 0 bridgehead atoms. The molecule has 0 spiro atoms. The number of hydrogen-bond acceptors (Lipinski definition) is 6. The minimum atomic E-state index is 0.222. The van der Waals surface area contributed by atoms with Gasteiger partial charge in [-0.3, -0.25) is 4.90 Å². The van der Waals surface area contributed by atoms with Crippen LogP contribution in [0, 0.1) is 13.8 Å². The average molecular weight is 293 g/mol. The Balaban J connectivity index is 1.80. The maximum atomic E-state index is 5.63. The number of ether oxygens (including phenoxy) is 1. The summed E-state index contributed by atoms with van der Waals surface area (Å²) < 4.78 is 7.67. The molecule has 0 saturated carbocycles. The topological polar surface area (TPSA) is 56.1 Å². The Hall–Kier alpha value is -1.31. The highest BCUT2D eigenvalue weighted by Gasteiger charge is 2.28. The molecule has 1 unspecified atom stereocenters. The molecule has 0 radical (unpaired) electrons. The summed E-state index contributed by atoms with van der Waals surface area (Å²) in [6, 6.07) is 0.222. The Labute approximate surface area is 122 Å². The SMILES string of the molecule is Cc1csc(C2COCCN2Cc2nnc(C)n2C)n1. The third kappa shape index (κ3) is 2.61. The van der Waals surface area contributed by atoms with Gasteiger partial charge in [0.1, 0.15) is 16.7 Å². The number of rotatable bonds is 3. The summed E-state index contributed by atoms with van der Waals surface area (Å²) in [5, 5.41) is 11.6. The van der Waals surface area contributed by atoms with Crippen LogP contribution in [0.3, 0.4) is 0 Å². The first-order valence-corrected chi connectivity index (χ1v) is 7.62. The Kier molecular flexibility index (Phi) is 3.82. The van der Waals surface area contributed by atoms with Gasteiger partial charge < -0.3 is 9.30 Å². The predicted molar refractivity (Wildman–Crippen MR) is 76.6 cm³/mol. The minimum Gasteiger partial charge on any atom is -0.378 e. The molecule has 7 heteroatoms. The summed E-state index contributed by atoms with van der Waals surface area (Å²) in [6.07, 6.45) is 0. The molecule has 1 saturated heterocycles. The number of hydrogen-bond donors (Lipinski definition) is 0. The number of nitrogens with zero attached hydrogens (tertiary/aromatic N) is 5. The summed E-state index contributed by atoms with van der Waals surface area (Å²) >= 11 is 1.70. The number of thiazole rings is 1. The van der Waals surface area contributed by atoms with Gasteiger partial charge in [0.05, 0.1) is 25.8 Å². The highest BCUT2D eigenvalue weighted by molar-refractivity contribution is 7.09. The fraction of sp³-hybridized carbons (Fsp3) is 0.615. The zero-order valence-electron chi connectivity index (χ0n) is 12.0. The van der Waals surface area contributed by atoms with Gasteiger partial charge >= 0.3 is 0 Å². The van der Waals surface area contributed by atoms with Crippen LogP contribution in [0.4, 0.5) is 0 Å². The van der Waals surface area contributed by atoms with Crippen molar-refractivity contribution < 1.29 is 4.74 Å². The van der Waals surface area contributed by atoms with Gasteiger partial charge in [-0.15, -0.1) is 21.5 Å². The van der Waals surface area contributed by atoms with Crippen molar-refractivity contribution in [3.63, 3.8) is 0 Å². The summed E-state index contributed by atoms with van der Waals surface area (Å²) in [5.74, 6) is 1.93. The molecular weight excluding hydrogens is 274 g/mol. The van der Waals surface area contributed by atoms with Crippen LogP contribution in [0.1, 0.15) is 28.4 Å². The van der Waals surface area contributed by atoms with Gasteiger partial charge in [0.25, 0.3) is 0 Å². The molecule has 1 aliphatic rings. The van der Waals surface area contributed by atoms with Crippen molar-refractivity contribution in [2.24, 2.45) is 7.05 Å². The monoisotopic (exact) mass is 293 g/mol. The first kappa shape index (κ1) is 13.7. The summed E-state index contributed by atoms with van der Waals surface area (Å²) in [5.41, 5.74) is 1.07. The second-order valence-corrected chi connectivity index (χ2v) is 6.00. The van der Waals surface area contributed by atoms with E-state index >= 15 is 0 Å². The Morgan fingerprint density at radius 3 is 2.90 bits per heavy atom. The average Bonchev–Trinajstić information content (AvgIpc) is 3.01. The summed E-state index contributed by atoms with van der Waals surface area (Å²) in [4.78, 5) is 6.99. The highest BCUT2D eigenvalue weighted by Crippen LogP contribution is 2.28. The zero-order chi connectivity index (χ0) is 14.1. The largest absolute Gasteiger partial charge is 0.378 e. The third-order valence-electron chi connectivity index (χ3n) is 3.69. The molecule has 3 heterocycles. The van der Waals surface area contributed by atoms with Crippen LogP contribution < -0.4 is 0 Å².